The van der Waals surface area contributed by atoms with E-state index < -0.39 is 45.8 Å². The normalized spacial score (nSPS) is 16.6. The largest absolute Gasteiger partial charge is 0.493 e. The number of imide groups is 3. The van der Waals surface area contributed by atoms with Crippen LogP contribution in [0.1, 0.15) is 166 Å². The van der Waals surface area contributed by atoms with Crippen LogP contribution in [0.15, 0.2) is 188 Å². The fourth-order valence-electron chi connectivity index (χ4n) is 17.2. The number of ether oxygens (including phenoxy) is 7. The topological polar surface area (TPSA) is 254 Å². The van der Waals surface area contributed by atoms with Crippen LogP contribution >= 0.6 is 0 Å². The lowest BCUT2D eigenvalue weighted by Gasteiger charge is -2.39. The van der Waals surface area contributed by atoms with Crippen molar-refractivity contribution in [1.82, 2.24) is 33.7 Å². The van der Waals surface area contributed by atoms with Gasteiger partial charge in [-0.25, -0.2) is 8.78 Å². The first-order chi connectivity index (χ1) is 59.9. The molecule has 124 heavy (non-hydrogen) atoms. The average molecular weight is 1720 g/mol. The van der Waals surface area contributed by atoms with Crippen LogP contribution in [0.25, 0.3) is 0 Å². The molecule has 15 rings (SSSR count). The van der Waals surface area contributed by atoms with Crippen molar-refractivity contribution in [2.45, 2.75) is 83.8 Å². The van der Waals surface area contributed by atoms with Crippen molar-refractivity contribution in [3.05, 3.63) is 266 Å². The predicted molar refractivity (Wildman–Crippen MR) is 469 cm³/mol. The summed E-state index contributed by atoms with van der Waals surface area (Å²) in [5, 5.41) is 0. The molecule has 654 valence electrons. The Morgan fingerprint density at radius 3 is 1.33 bits per heavy atom. The molecule has 9 aromatic carbocycles. The molecule has 6 aliphatic rings. The number of methoxy groups -OCH3 is 6. The van der Waals surface area contributed by atoms with Crippen LogP contribution in [0.5, 0.6) is 34.5 Å². The van der Waals surface area contributed by atoms with E-state index in [-0.39, 0.29) is 74.4 Å². The van der Waals surface area contributed by atoms with Gasteiger partial charge in [0.1, 0.15) is 11.6 Å². The molecule has 0 unspecified atom stereocenters. The predicted octanol–water partition coefficient (Wildman–Crippen LogP) is 14.3. The molecule has 9 aromatic rings. The Hall–Kier alpha value is -11.8. The molecule has 6 aliphatic heterocycles. The molecule has 0 aromatic heterocycles. The molecule has 3 saturated heterocycles. The van der Waals surface area contributed by atoms with Crippen molar-refractivity contribution >= 4 is 62.8 Å². The van der Waals surface area contributed by atoms with Gasteiger partial charge in [-0.3, -0.25) is 57.8 Å². The van der Waals surface area contributed by atoms with E-state index in [1.807, 2.05) is 72.8 Å². The number of rotatable bonds is 31. The minimum Gasteiger partial charge on any atom is -0.493 e. The van der Waals surface area contributed by atoms with Gasteiger partial charge in [-0.05, 0) is 165 Å². The van der Waals surface area contributed by atoms with Crippen LogP contribution in [0.4, 0.5) is 25.8 Å². The molecule has 6 heterocycles. The van der Waals surface area contributed by atoms with Gasteiger partial charge in [-0.15, -0.1) is 0 Å². The summed E-state index contributed by atoms with van der Waals surface area (Å²) in [4.78, 5) is 100. The second kappa shape index (κ2) is 40.7. The highest BCUT2D eigenvalue weighted by Gasteiger charge is 2.46. The van der Waals surface area contributed by atoms with E-state index >= 15 is 0 Å². The Balaban J connectivity index is 0.000000161. The first-order valence-corrected chi connectivity index (χ1v) is 43.2. The van der Waals surface area contributed by atoms with Gasteiger partial charge in [0.2, 0.25) is 0 Å². The number of anilines is 3. The SMILES string of the molecule is CCN1CCN(c2cccc3c2C(=O)N([C@H](CCCOCc2c(F)cccc2F)c2ccc(OC)c(OC)c2)C3=O)CC1.COc1ccc(CN2C(=O)c3ccc(N4CCN([C@H](C)c5ccccc5)CC4)cc3C2=O)cc1OC.COc1ccc([C@@H](CCCN(C)S(=O)(=O)O)N2C(=O)c3cccc(N4CCN([C@H](C)c5ccccc5)CC4)c3C2=O)cc1OC. The Kier molecular flexibility index (Phi) is 29.5. The Labute approximate surface area is 723 Å². The fraction of sp³-hybridized carbons (Fsp3) is 0.368. The van der Waals surface area contributed by atoms with Gasteiger partial charge in [0, 0.05) is 122 Å². The van der Waals surface area contributed by atoms with Crippen LogP contribution in [-0.4, -0.2) is 230 Å². The van der Waals surface area contributed by atoms with Gasteiger partial charge in [-0.2, -0.15) is 12.7 Å². The van der Waals surface area contributed by atoms with Gasteiger partial charge in [0.05, 0.1) is 113 Å². The summed E-state index contributed by atoms with van der Waals surface area (Å²) in [6.45, 7) is 17.6. The van der Waals surface area contributed by atoms with Gasteiger partial charge >= 0.3 is 10.3 Å². The number of carbonyl (C=O) groups excluding carboxylic acids is 6. The van der Waals surface area contributed by atoms with Gasteiger partial charge in [0.25, 0.3) is 35.4 Å². The minimum atomic E-state index is -4.37. The van der Waals surface area contributed by atoms with Crippen molar-refractivity contribution in [2.75, 3.05) is 163 Å². The smallest absolute Gasteiger partial charge is 0.335 e. The number of hydrogen-bond acceptors (Lipinski definition) is 21. The summed E-state index contributed by atoms with van der Waals surface area (Å²) in [7, 11) is 6.13. The third-order valence-corrected chi connectivity index (χ3v) is 25.3. The number of nitrogens with zero attached hydrogens (tertiary/aromatic N) is 10. The van der Waals surface area contributed by atoms with Crippen LogP contribution in [-0.2, 0) is 28.2 Å². The summed E-state index contributed by atoms with van der Waals surface area (Å²) in [6, 6.07) is 56.3. The fourth-order valence-corrected chi connectivity index (χ4v) is 17.6. The second-order valence-corrected chi connectivity index (χ2v) is 32.7. The van der Waals surface area contributed by atoms with E-state index in [0.717, 1.165) is 98.9 Å². The summed E-state index contributed by atoms with van der Waals surface area (Å²) >= 11 is 0. The number of benzene rings is 9. The number of halogens is 2. The lowest BCUT2D eigenvalue weighted by Crippen LogP contribution is -2.47. The summed E-state index contributed by atoms with van der Waals surface area (Å²) < 4.78 is 99.6. The average Bonchev–Trinajstić information content (AvgIpc) is 1.60. The van der Waals surface area contributed by atoms with E-state index in [0.29, 0.717) is 111 Å². The van der Waals surface area contributed by atoms with E-state index in [9.17, 15) is 50.5 Å². The Morgan fingerprint density at radius 2 is 0.863 bits per heavy atom. The highest BCUT2D eigenvalue weighted by Crippen LogP contribution is 2.45. The molecule has 0 bridgehead atoms. The van der Waals surface area contributed by atoms with E-state index in [1.54, 1.807) is 74.9 Å². The maximum absolute atomic E-state index is 14.2. The molecule has 26 nitrogen and oxygen atoms in total. The first-order valence-electron chi connectivity index (χ1n) is 41.8. The number of carbonyl (C=O) groups is 6. The van der Waals surface area contributed by atoms with Crippen molar-refractivity contribution in [3.8, 4) is 34.5 Å². The third kappa shape index (κ3) is 19.7. The Bertz CT molecular complexity index is 5420. The molecule has 0 radical (unpaired) electrons. The zero-order valence-corrected chi connectivity index (χ0v) is 72.6. The Morgan fingerprint density at radius 1 is 0.427 bits per heavy atom. The lowest BCUT2D eigenvalue weighted by molar-refractivity contribution is 0.0543. The molecule has 29 heteroatoms. The van der Waals surface area contributed by atoms with Crippen LogP contribution in [0.3, 0.4) is 0 Å². The molecule has 0 spiro atoms. The molecule has 0 aliphatic carbocycles. The lowest BCUT2D eigenvalue weighted by atomic mass is 9.99. The third-order valence-electron chi connectivity index (χ3n) is 24.4. The molecule has 3 fully saturated rings. The van der Waals surface area contributed by atoms with Crippen molar-refractivity contribution < 1.29 is 83.7 Å². The van der Waals surface area contributed by atoms with Gasteiger partial charge in [0.15, 0.2) is 34.5 Å². The number of likely N-dealkylation sites (N-methyl/N-ethyl adjacent to an activating group) is 1. The molecule has 1 N–H and O–H groups in total. The first kappa shape index (κ1) is 89.9. The van der Waals surface area contributed by atoms with Crippen molar-refractivity contribution in [3.63, 3.8) is 0 Å². The molecular formula is C95H108F2N10O16S. The summed E-state index contributed by atoms with van der Waals surface area (Å²) in [5.41, 5.74) is 9.54. The quantitative estimate of drug-likeness (QED) is 0.0241. The number of hydrogen-bond donors (Lipinski definition) is 1. The summed E-state index contributed by atoms with van der Waals surface area (Å²) in [5.74, 6) is -0.260. The van der Waals surface area contributed by atoms with Crippen LogP contribution in [0, 0.1) is 11.6 Å². The maximum atomic E-state index is 14.2. The van der Waals surface area contributed by atoms with Crippen molar-refractivity contribution in [1.29, 1.82) is 0 Å². The number of amides is 6. The van der Waals surface area contributed by atoms with Gasteiger partial charge in [-0.1, -0.05) is 104 Å². The van der Waals surface area contributed by atoms with Crippen molar-refractivity contribution in [2.24, 2.45) is 0 Å². The minimum absolute atomic E-state index is 0.00270. The molecular weight excluding hydrogens is 1610 g/mol. The maximum Gasteiger partial charge on any atom is 0.335 e. The van der Waals surface area contributed by atoms with Crippen LogP contribution in [0.2, 0.25) is 0 Å². The van der Waals surface area contributed by atoms with Gasteiger partial charge < -0.3 is 52.8 Å². The van der Waals surface area contributed by atoms with E-state index in [2.05, 4.69) is 86.6 Å². The molecule has 6 amide bonds. The second-order valence-electron chi connectivity index (χ2n) is 31.2. The molecule has 0 saturated carbocycles. The zero-order chi connectivity index (χ0) is 88.0. The molecule has 4 atom stereocenters. The monoisotopic (exact) mass is 1710 g/mol. The van der Waals surface area contributed by atoms with Crippen LogP contribution < -0.4 is 43.1 Å². The van der Waals surface area contributed by atoms with E-state index in [4.69, 9.17) is 33.2 Å². The summed E-state index contributed by atoms with van der Waals surface area (Å²) in [6.07, 6.45) is 1.32. The van der Waals surface area contributed by atoms with E-state index in [1.165, 1.54) is 79.5 Å². The highest BCUT2D eigenvalue weighted by molar-refractivity contribution is 7.83. The standard InChI is InChI=1S/C33H37F2N3O5.C33H40N4O7S.C29H31N3O4/c1-4-36-15-17-37(18-16-36)28-11-5-8-23-31(28)33(40)38(32(23)39)27(22-13-14-29(41-2)30(20-22)42-3)12-7-19-43-21-24-25(34)9-6-10-26(24)35;1-23(24-10-6-5-7-11-24)35-18-20-36(21-19-35)28-13-8-12-26-31(28)33(39)37(32(26)38)27(14-9-17-34(2)45(40,41)42)25-15-16-29(43-3)30(22-25)44-4;1-20(22-7-5-4-6-8-22)30-13-15-31(16-14-30)23-10-11-24-25(18-23)29(34)32(28(24)33)19-21-9-12-26(35-2)27(17-21)36-3/h5-6,8-11,13-14,20,27H,4,7,12,15-19,21H2,1-3H3;5-8,10-13,15-16,22-23,27H,9,14,17-21H2,1-4H3,(H,40,41,42);4-12,17-18,20H,13-16,19H2,1-3H3/t27-;23-,27-;20-/m111/s1. The highest BCUT2D eigenvalue weighted by atomic mass is 32.2. The zero-order valence-electron chi connectivity index (χ0n) is 71.8. The number of piperazine rings is 3. The number of fused-ring (bicyclic) bond motifs is 3.